The van der Waals surface area contributed by atoms with Crippen molar-refractivity contribution in [3.8, 4) is 11.1 Å². The molecule has 5 heteroatoms. The van der Waals surface area contributed by atoms with Crippen molar-refractivity contribution >= 4 is 5.91 Å². The molecule has 0 radical (unpaired) electrons. The number of aliphatic hydroxyl groups is 1. The molecule has 0 unspecified atom stereocenters. The highest BCUT2D eigenvalue weighted by Crippen LogP contribution is 2.43. The first-order valence-electron chi connectivity index (χ1n) is 11.7. The lowest BCUT2D eigenvalue weighted by Crippen LogP contribution is -2.68. The molecular formula is C26H31FN2O2. The Bertz CT molecular complexity index is 927. The molecule has 2 saturated heterocycles. The van der Waals surface area contributed by atoms with Gasteiger partial charge in [0.2, 0.25) is 5.91 Å². The molecule has 3 aliphatic rings. The van der Waals surface area contributed by atoms with E-state index in [-0.39, 0.29) is 36.3 Å². The third-order valence-electron chi connectivity index (χ3n) is 7.59. The Kier molecular flexibility index (Phi) is 5.81. The van der Waals surface area contributed by atoms with Gasteiger partial charge in [-0.25, -0.2) is 4.39 Å². The summed E-state index contributed by atoms with van der Waals surface area (Å²) in [6, 6.07) is 15.3. The number of rotatable bonds is 4. The van der Waals surface area contributed by atoms with Crippen molar-refractivity contribution in [2.45, 2.75) is 50.1 Å². The van der Waals surface area contributed by atoms with Crippen LogP contribution < -0.4 is 0 Å². The van der Waals surface area contributed by atoms with E-state index in [4.69, 9.17) is 0 Å². The zero-order chi connectivity index (χ0) is 21.4. The lowest BCUT2D eigenvalue weighted by Gasteiger charge is -2.57. The van der Waals surface area contributed by atoms with Crippen LogP contribution in [0.4, 0.5) is 4.39 Å². The molecule has 3 atom stereocenters. The average molecular weight is 423 g/mol. The number of carbonyl (C=O) groups excluding carboxylic acids is 1. The van der Waals surface area contributed by atoms with Crippen molar-refractivity contribution in [3.63, 3.8) is 0 Å². The van der Waals surface area contributed by atoms with Gasteiger partial charge in [-0.1, -0.05) is 42.8 Å². The smallest absolute Gasteiger partial charge is 0.225 e. The number of fused-ring (bicyclic) bond motifs is 1. The van der Waals surface area contributed by atoms with Crippen LogP contribution in [0.3, 0.4) is 0 Å². The van der Waals surface area contributed by atoms with Crippen LogP contribution in [0.2, 0.25) is 0 Å². The number of benzene rings is 2. The number of hydrogen-bond donors (Lipinski definition) is 1. The van der Waals surface area contributed by atoms with Gasteiger partial charge in [-0.15, -0.1) is 0 Å². The number of amides is 1. The summed E-state index contributed by atoms with van der Waals surface area (Å²) in [5.41, 5.74) is 3.04. The fourth-order valence-corrected chi connectivity index (χ4v) is 5.62. The van der Waals surface area contributed by atoms with Gasteiger partial charge in [0.15, 0.2) is 0 Å². The Morgan fingerprint density at radius 2 is 1.77 bits per heavy atom. The molecule has 0 bridgehead atoms. The maximum absolute atomic E-state index is 13.6. The Balaban J connectivity index is 1.37. The minimum absolute atomic E-state index is 0.101. The SMILES string of the molecule is O=C(C1CCC1)N1CCCCN2[C@H](CO)[C@@H](c3ccc(-c4cccc(F)c4)cc3)[C@@H]2C1. The van der Waals surface area contributed by atoms with Crippen molar-refractivity contribution in [1.82, 2.24) is 9.80 Å². The van der Waals surface area contributed by atoms with E-state index in [1.54, 1.807) is 12.1 Å². The molecule has 4 nitrogen and oxygen atoms in total. The highest BCUT2D eigenvalue weighted by molar-refractivity contribution is 5.79. The molecule has 164 valence electrons. The van der Waals surface area contributed by atoms with E-state index in [2.05, 4.69) is 21.9 Å². The Labute approximate surface area is 183 Å². The fraction of sp³-hybridized carbons (Fsp3) is 0.500. The largest absolute Gasteiger partial charge is 0.395 e. The van der Waals surface area contributed by atoms with E-state index in [1.165, 1.54) is 18.1 Å². The van der Waals surface area contributed by atoms with Crippen molar-refractivity contribution < 1.29 is 14.3 Å². The number of aliphatic hydroxyl groups excluding tert-OH is 1. The first-order valence-corrected chi connectivity index (χ1v) is 11.7. The summed E-state index contributed by atoms with van der Waals surface area (Å²) >= 11 is 0. The summed E-state index contributed by atoms with van der Waals surface area (Å²) in [7, 11) is 0. The van der Waals surface area contributed by atoms with Gasteiger partial charge >= 0.3 is 0 Å². The molecule has 2 aromatic carbocycles. The molecule has 1 saturated carbocycles. The molecule has 3 fully saturated rings. The summed E-state index contributed by atoms with van der Waals surface area (Å²) in [6.45, 7) is 2.72. The summed E-state index contributed by atoms with van der Waals surface area (Å²) in [6.07, 6.45) is 5.34. The third-order valence-corrected chi connectivity index (χ3v) is 7.59. The third kappa shape index (κ3) is 3.90. The van der Waals surface area contributed by atoms with Gasteiger partial charge in [0.25, 0.3) is 0 Å². The van der Waals surface area contributed by atoms with Crippen LogP contribution in [0.5, 0.6) is 0 Å². The van der Waals surface area contributed by atoms with E-state index in [9.17, 15) is 14.3 Å². The first kappa shape index (κ1) is 20.7. The number of nitrogens with zero attached hydrogens (tertiary/aromatic N) is 2. The van der Waals surface area contributed by atoms with Crippen LogP contribution in [0.15, 0.2) is 48.5 Å². The highest BCUT2D eigenvalue weighted by Gasteiger charge is 2.49. The van der Waals surface area contributed by atoms with Crippen LogP contribution in [0.1, 0.15) is 43.6 Å². The monoisotopic (exact) mass is 422 g/mol. The second-order valence-electron chi connectivity index (χ2n) is 9.33. The number of halogens is 1. The second-order valence-corrected chi connectivity index (χ2v) is 9.33. The van der Waals surface area contributed by atoms with Crippen molar-refractivity contribution in [1.29, 1.82) is 0 Å². The van der Waals surface area contributed by atoms with E-state index in [1.807, 2.05) is 18.2 Å². The fourth-order valence-electron chi connectivity index (χ4n) is 5.62. The lowest BCUT2D eigenvalue weighted by molar-refractivity contribution is -0.143. The molecule has 31 heavy (non-hydrogen) atoms. The Morgan fingerprint density at radius 1 is 1.00 bits per heavy atom. The van der Waals surface area contributed by atoms with Crippen molar-refractivity contribution in [2.75, 3.05) is 26.2 Å². The van der Waals surface area contributed by atoms with Crippen LogP contribution in [-0.4, -0.2) is 59.1 Å². The predicted molar refractivity (Wildman–Crippen MR) is 119 cm³/mol. The first-order chi connectivity index (χ1) is 15.2. The minimum Gasteiger partial charge on any atom is -0.395 e. The average Bonchev–Trinajstić information content (AvgIpc) is 2.72. The van der Waals surface area contributed by atoms with E-state index in [0.29, 0.717) is 5.91 Å². The van der Waals surface area contributed by atoms with Gasteiger partial charge in [0.1, 0.15) is 5.82 Å². The summed E-state index contributed by atoms with van der Waals surface area (Å²) in [5.74, 6) is 0.537. The van der Waals surface area contributed by atoms with Gasteiger partial charge in [0, 0.05) is 37.0 Å². The van der Waals surface area contributed by atoms with Crippen LogP contribution >= 0.6 is 0 Å². The molecule has 0 aromatic heterocycles. The van der Waals surface area contributed by atoms with Crippen LogP contribution in [-0.2, 0) is 4.79 Å². The van der Waals surface area contributed by atoms with Crippen molar-refractivity contribution in [2.24, 2.45) is 5.92 Å². The molecule has 2 aliphatic heterocycles. The summed E-state index contributed by atoms with van der Waals surface area (Å²) in [4.78, 5) is 17.5. The van der Waals surface area contributed by atoms with E-state index < -0.39 is 0 Å². The Morgan fingerprint density at radius 3 is 2.45 bits per heavy atom. The molecule has 2 heterocycles. The molecule has 2 aromatic rings. The summed E-state index contributed by atoms with van der Waals surface area (Å²) < 4.78 is 13.6. The maximum atomic E-state index is 13.6. The zero-order valence-electron chi connectivity index (χ0n) is 17.9. The van der Waals surface area contributed by atoms with Crippen LogP contribution in [0, 0.1) is 11.7 Å². The quantitative estimate of drug-likeness (QED) is 0.809. The normalized spacial score (nSPS) is 26.9. The maximum Gasteiger partial charge on any atom is 0.225 e. The molecule has 5 rings (SSSR count). The Hall–Kier alpha value is -2.24. The molecular weight excluding hydrogens is 391 g/mol. The van der Waals surface area contributed by atoms with Gasteiger partial charge < -0.3 is 10.0 Å². The molecule has 1 N–H and O–H groups in total. The van der Waals surface area contributed by atoms with Gasteiger partial charge in [0.05, 0.1) is 6.61 Å². The van der Waals surface area contributed by atoms with E-state index in [0.717, 1.165) is 56.4 Å². The summed E-state index contributed by atoms with van der Waals surface area (Å²) in [5, 5.41) is 10.1. The molecule has 1 aliphatic carbocycles. The van der Waals surface area contributed by atoms with Gasteiger partial charge in [-0.3, -0.25) is 9.69 Å². The molecule has 0 spiro atoms. The second kappa shape index (κ2) is 8.71. The topological polar surface area (TPSA) is 43.8 Å². The van der Waals surface area contributed by atoms with Crippen LogP contribution in [0.25, 0.3) is 11.1 Å². The van der Waals surface area contributed by atoms with Gasteiger partial charge in [-0.2, -0.15) is 0 Å². The minimum atomic E-state index is -0.234. The van der Waals surface area contributed by atoms with E-state index >= 15 is 0 Å². The molecule has 1 amide bonds. The lowest BCUT2D eigenvalue weighted by atomic mass is 9.74. The highest BCUT2D eigenvalue weighted by atomic mass is 19.1. The zero-order valence-corrected chi connectivity index (χ0v) is 17.9. The van der Waals surface area contributed by atoms with Gasteiger partial charge in [-0.05, 0) is 61.1 Å². The standard InChI is InChI=1S/C26H31FN2O2/c27-22-8-4-7-21(15-22)18-9-11-19(12-10-18)25-23-16-28(26(31)20-5-3-6-20)13-1-2-14-29(23)24(25)17-30/h4,7-12,15,20,23-25,30H,1-3,5-6,13-14,16-17H2/t23-,24+,25-/m0/s1. The number of hydrogen-bond acceptors (Lipinski definition) is 3. The number of carbonyl (C=O) groups is 1. The predicted octanol–water partition coefficient (Wildman–Crippen LogP) is 4.04. The van der Waals surface area contributed by atoms with Crippen molar-refractivity contribution in [3.05, 3.63) is 59.9 Å².